The lowest BCUT2D eigenvalue weighted by Crippen LogP contribution is -2.48. The molecular weight excluding hydrogens is 396 g/mol. The van der Waals surface area contributed by atoms with Gasteiger partial charge >= 0.3 is 5.69 Å². The highest BCUT2D eigenvalue weighted by Gasteiger charge is 2.39. The molecule has 1 aromatic carbocycles. The molecule has 1 amide bonds. The third-order valence-corrected chi connectivity index (χ3v) is 5.99. The zero-order valence-electron chi connectivity index (χ0n) is 16.5. The number of methoxy groups -OCH3 is 1. The van der Waals surface area contributed by atoms with Crippen molar-refractivity contribution in [3.05, 3.63) is 45.6 Å². The highest BCUT2D eigenvalue weighted by atomic mass is 32.2. The van der Waals surface area contributed by atoms with Crippen LogP contribution in [0.4, 0.5) is 5.69 Å². The summed E-state index contributed by atoms with van der Waals surface area (Å²) in [6.45, 7) is 1.73. The number of aryl methyl sites for hydroxylation is 1. The molecule has 2 aromatic rings. The highest BCUT2D eigenvalue weighted by Crippen LogP contribution is 2.36. The van der Waals surface area contributed by atoms with Crippen LogP contribution in [0.1, 0.15) is 49.4 Å². The lowest BCUT2D eigenvalue weighted by atomic mass is 9.81. The molecule has 1 heterocycles. The Morgan fingerprint density at radius 1 is 1.38 bits per heavy atom. The van der Waals surface area contributed by atoms with E-state index in [0.717, 1.165) is 37.7 Å². The summed E-state index contributed by atoms with van der Waals surface area (Å²) >= 11 is 1.40. The van der Waals surface area contributed by atoms with Crippen LogP contribution in [0.5, 0.6) is 5.75 Å². The van der Waals surface area contributed by atoms with E-state index in [1.165, 1.54) is 24.9 Å². The number of amides is 1. The molecule has 156 valence electrons. The van der Waals surface area contributed by atoms with Crippen LogP contribution < -0.4 is 10.1 Å². The lowest BCUT2D eigenvalue weighted by molar-refractivity contribution is -0.385. The van der Waals surface area contributed by atoms with Crippen LogP contribution in [0.15, 0.2) is 22.7 Å². The zero-order valence-corrected chi connectivity index (χ0v) is 17.3. The van der Waals surface area contributed by atoms with Crippen LogP contribution in [0, 0.1) is 17.0 Å². The Bertz CT molecular complexity index is 879. The number of ether oxygens (including phenoxy) is 1. The SMILES string of the molecule is COc1ccc(CSCC(=O)NC2(c3noc(C)n3)CCCCC2)cc1[N+](=O)[O-]. The minimum Gasteiger partial charge on any atom is -0.490 e. The van der Waals surface area contributed by atoms with Crippen LogP contribution in [0.3, 0.4) is 0 Å². The predicted octanol–water partition coefficient (Wildman–Crippen LogP) is 3.50. The Morgan fingerprint density at radius 2 is 2.14 bits per heavy atom. The normalized spacial score (nSPS) is 15.7. The minimum absolute atomic E-state index is 0.0799. The number of benzene rings is 1. The average Bonchev–Trinajstić information content (AvgIpc) is 3.15. The van der Waals surface area contributed by atoms with Crippen molar-refractivity contribution in [1.82, 2.24) is 15.5 Å². The van der Waals surface area contributed by atoms with E-state index in [9.17, 15) is 14.9 Å². The smallest absolute Gasteiger partial charge is 0.311 e. The number of rotatable bonds is 8. The Hall–Kier alpha value is -2.62. The minimum atomic E-state index is -0.577. The van der Waals surface area contributed by atoms with Crippen LogP contribution in [-0.4, -0.2) is 33.8 Å². The average molecular weight is 420 g/mol. The highest BCUT2D eigenvalue weighted by molar-refractivity contribution is 7.99. The Morgan fingerprint density at radius 3 is 2.76 bits per heavy atom. The van der Waals surface area contributed by atoms with Gasteiger partial charge in [-0.1, -0.05) is 30.5 Å². The zero-order chi connectivity index (χ0) is 20.9. The monoisotopic (exact) mass is 420 g/mol. The number of nitrogens with zero attached hydrogens (tertiary/aromatic N) is 3. The molecule has 1 aliphatic rings. The first-order valence-electron chi connectivity index (χ1n) is 9.44. The number of hydrogen-bond acceptors (Lipinski definition) is 8. The van der Waals surface area contributed by atoms with E-state index in [4.69, 9.17) is 9.26 Å². The fourth-order valence-electron chi connectivity index (χ4n) is 3.59. The number of hydrogen-bond donors (Lipinski definition) is 1. The molecule has 10 heteroatoms. The van der Waals surface area contributed by atoms with E-state index in [1.807, 2.05) is 0 Å². The van der Waals surface area contributed by atoms with Crippen molar-refractivity contribution in [2.75, 3.05) is 12.9 Å². The molecule has 0 aliphatic heterocycles. The molecule has 0 spiro atoms. The maximum atomic E-state index is 12.6. The van der Waals surface area contributed by atoms with Gasteiger partial charge in [-0.15, -0.1) is 11.8 Å². The summed E-state index contributed by atoms with van der Waals surface area (Å²) < 4.78 is 10.1. The molecule has 1 fully saturated rings. The number of nitro groups is 1. The molecular formula is C19H24N4O5S. The first-order chi connectivity index (χ1) is 13.9. The molecule has 1 aromatic heterocycles. The summed E-state index contributed by atoms with van der Waals surface area (Å²) in [5.41, 5.74) is 0.104. The van der Waals surface area contributed by atoms with Crippen molar-refractivity contribution in [3.8, 4) is 5.75 Å². The molecule has 0 radical (unpaired) electrons. The summed E-state index contributed by atoms with van der Waals surface area (Å²) in [7, 11) is 1.40. The van der Waals surface area contributed by atoms with Crippen molar-refractivity contribution >= 4 is 23.4 Å². The van der Waals surface area contributed by atoms with Gasteiger partial charge in [0, 0.05) is 18.7 Å². The summed E-state index contributed by atoms with van der Waals surface area (Å²) in [5, 5.41) is 18.3. The van der Waals surface area contributed by atoms with Gasteiger partial charge in [0.15, 0.2) is 11.6 Å². The molecule has 1 N–H and O–H groups in total. The Labute approximate surface area is 172 Å². The number of aromatic nitrogens is 2. The van der Waals surface area contributed by atoms with Crippen molar-refractivity contribution in [1.29, 1.82) is 0 Å². The fourth-order valence-corrected chi connectivity index (χ4v) is 4.36. The van der Waals surface area contributed by atoms with Gasteiger partial charge in [0.25, 0.3) is 0 Å². The van der Waals surface area contributed by atoms with Gasteiger partial charge in [0.1, 0.15) is 5.54 Å². The van der Waals surface area contributed by atoms with E-state index in [1.54, 1.807) is 19.1 Å². The predicted molar refractivity (Wildman–Crippen MR) is 108 cm³/mol. The van der Waals surface area contributed by atoms with E-state index in [0.29, 0.717) is 17.5 Å². The van der Waals surface area contributed by atoms with E-state index in [-0.39, 0.29) is 23.1 Å². The van der Waals surface area contributed by atoms with E-state index >= 15 is 0 Å². The molecule has 0 atom stereocenters. The maximum absolute atomic E-state index is 12.6. The summed E-state index contributed by atoms with van der Waals surface area (Å²) in [6.07, 6.45) is 4.69. The van der Waals surface area contributed by atoms with Crippen molar-refractivity contribution in [2.45, 2.75) is 50.3 Å². The lowest BCUT2D eigenvalue weighted by Gasteiger charge is -2.35. The van der Waals surface area contributed by atoms with Crippen LogP contribution in [0.25, 0.3) is 0 Å². The van der Waals surface area contributed by atoms with Crippen LogP contribution in [-0.2, 0) is 16.1 Å². The van der Waals surface area contributed by atoms with Gasteiger partial charge in [-0.25, -0.2) is 0 Å². The third kappa shape index (κ3) is 5.06. The first-order valence-corrected chi connectivity index (χ1v) is 10.6. The maximum Gasteiger partial charge on any atom is 0.311 e. The quantitative estimate of drug-likeness (QED) is 0.509. The summed E-state index contributed by atoms with van der Waals surface area (Å²) in [5.74, 6) is 1.84. The number of carbonyl (C=O) groups excluding carboxylic acids is 1. The molecule has 0 saturated heterocycles. The standard InChI is InChI=1S/C19H24N4O5S/c1-13-20-18(22-28-13)19(8-4-3-5-9-19)21-17(24)12-29-11-14-6-7-16(27-2)15(10-14)23(25)26/h6-7,10H,3-5,8-9,11-12H2,1-2H3,(H,21,24). The van der Waals surface area contributed by atoms with Crippen LogP contribution >= 0.6 is 11.8 Å². The molecule has 0 bridgehead atoms. The van der Waals surface area contributed by atoms with Gasteiger partial charge in [-0.2, -0.15) is 4.98 Å². The molecule has 3 rings (SSSR count). The molecule has 1 saturated carbocycles. The Kier molecular flexibility index (Phi) is 6.73. The molecule has 29 heavy (non-hydrogen) atoms. The van der Waals surface area contributed by atoms with E-state index in [2.05, 4.69) is 15.5 Å². The second kappa shape index (κ2) is 9.25. The second-order valence-corrected chi connectivity index (χ2v) is 8.07. The van der Waals surface area contributed by atoms with Crippen LogP contribution in [0.2, 0.25) is 0 Å². The topological polar surface area (TPSA) is 120 Å². The number of nitro benzene ring substituents is 1. The fraction of sp³-hybridized carbons (Fsp3) is 0.526. The summed E-state index contributed by atoms with van der Waals surface area (Å²) in [6, 6.07) is 4.82. The van der Waals surface area contributed by atoms with Crippen molar-refractivity contribution < 1.29 is 19.0 Å². The van der Waals surface area contributed by atoms with Gasteiger partial charge in [0.05, 0.1) is 17.8 Å². The Balaban J connectivity index is 1.60. The van der Waals surface area contributed by atoms with E-state index < -0.39 is 10.5 Å². The molecule has 9 nitrogen and oxygen atoms in total. The molecule has 1 aliphatic carbocycles. The first kappa shape index (κ1) is 21.1. The number of carbonyl (C=O) groups is 1. The second-order valence-electron chi connectivity index (χ2n) is 7.08. The largest absolute Gasteiger partial charge is 0.490 e. The number of nitrogens with one attached hydrogen (secondary N) is 1. The molecule has 0 unspecified atom stereocenters. The third-order valence-electron chi connectivity index (χ3n) is 4.98. The van der Waals surface area contributed by atoms with Gasteiger partial charge in [-0.3, -0.25) is 14.9 Å². The van der Waals surface area contributed by atoms with Crippen molar-refractivity contribution in [2.24, 2.45) is 0 Å². The van der Waals surface area contributed by atoms with Crippen molar-refractivity contribution in [3.63, 3.8) is 0 Å². The summed E-state index contributed by atoms with van der Waals surface area (Å²) in [4.78, 5) is 27.6. The number of thioether (sulfide) groups is 1. The van der Waals surface area contributed by atoms with Gasteiger partial charge in [0.2, 0.25) is 11.8 Å². The van der Waals surface area contributed by atoms with Gasteiger partial charge < -0.3 is 14.6 Å². The van der Waals surface area contributed by atoms with Gasteiger partial charge in [-0.05, 0) is 24.5 Å².